The first-order chi connectivity index (χ1) is 16.9. The van der Waals surface area contributed by atoms with Gasteiger partial charge in [-0.15, -0.1) is 11.3 Å². The maximum absolute atomic E-state index is 12.8. The Bertz CT molecular complexity index is 1310. The average molecular weight is 496 g/mol. The molecular weight excluding hydrogens is 470 g/mol. The molecule has 0 radical (unpaired) electrons. The molecule has 1 saturated carbocycles. The van der Waals surface area contributed by atoms with Crippen LogP contribution in [0.4, 0.5) is 4.79 Å². The number of nitrogens with one attached hydrogen (secondary N) is 2. The third kappa shape index (κ3) is 4.39. The normalized spacial score (nSPS) is 17.1. The Morgan fingerprint density at radius 3 is 2.66 bits per heavy atom. The summed E-state index contributed by atoms with van der Waals surface area (Å²) in [6.45, 7) is 1.82. The first-order valence-corrected chi connectivity index (χ1v) is 12.3. The van der Waals surface area contributed by atoms with Crippen LogP contribution in [0.1, 0.15) is 53.0 Å². The molecule has 35 heavy (non-hydrogen) atoms. The van der Waals surface area contributed by atoms with Crippen LogP contribution >= 0.6 is 11.3 Å². The summed E-state index contributed by atoms with van der Waals surface area (Å²) in [6.07, 6.45) is 3.78. The molecule has 1 saturated heterocycles. The van der Waals surface area contributed by atoms with E-state index in [0.717, 1.165) is 40.7 Å². The van der Waals surface area contributed by atoms with Gasteiger partial charge >= 0.3 is 12.0 Å². The molecule has 10 nitrogen and oxygen atoms in total. The number of nitrogens with zero attached hydrogens (tertiary/aromatic N) is 3. The minimum absolute atomic E-state index is 0.339. The third-order valence-electron chi connectivity index (χ3n) is 6.42. The first-order valence-electron chi connectivity index (χ1n) is 11.5. The van der Waals surface area contributed by atoms with Gasteiger partial charge in [-0.1, -0.05) is 49.6 Å². The fraction of sp³-hybridized carbons (Fsp3) is 0.375. The number of urea groups is 1. The lowest BCUT2D eigenvalue weighted by Crippen LogP contribution is -2.51. The monoisotopic (exact) mass is 495 g/mol. The van der Waals surface area contributed by atoms with Gasteiger partial charge in [-0.05, 0) is 31.4 Å². The summed E-state index contributed by atoms with van der Waals surface area (Å²) in [4.78, 5) is 51.2. The molecule has 2 aliphatic rings. The summed E-state index contributed by atoms with van der Waals surface area (Å²) in [6, 6.07) is 10.9. The number of rotatable bonds is 6. The molecule has 3 aromatic rings. The van der Waals surface area contributed by atoms with Crippen molar-refractivity contribution in [1.82, 2.24) is 25.5 Å². The van der Waals surface area contributed by atoms with Crippen LogP contribution in [0.15, 0.2) is 36.4 Å². The molecule has 11 heteroatoms. The number of amides is 4. The number of hydrazine groups is 1. The summed E-state index contributed by atoms with van der Waals surface area (Å²) in [5.74, 6) is -1.89. The zero-order chi connectivity index (χ0) is 24.6. The first kappa shape index (κ1) is 23.0. The van der Waals surface area contributed by atoms with E-state index in [2.05, 4.69) is 15.8 Å². The number of esters is 1. The molecule has 0 atom stereocenters. The van der Waals surface area contributed by atoms with Gasteiger partial charge in [-0.25, -0.2) is 9.59 Å². The molecule has 2 aromatic heterocycles. The van der Waals surface area contributed by atoms with Gasteiger partial charge in [0.05, 0.1) is 12.2 Å². The van der Waals surface area contributed by atoms with E-state index in [1.165, 1.54) is 11.3 Å². The Morgan fingerprint density at radius 2 is 1.91 bits per heavy atom. The molecule has 2 N–H and O–H groups in total. The molecule has 1 aliphatic carbocycles. The number of benzene rings is 1. The van der Waals surface area contributed by atoms with Crippen molar-refractivity contribution in [3.05, 3.63) is 52.5 Å². The summed E-state index contributed by atoms with van der Waals surface area (Å²) in [7, 11) is 0. The van der Waals surface area contributed by atoms with E-state index in [1.54, 1.807) is 6.07 Å². The van der Waals surface area contributed by atoms with E-state index < -0.39 is 36.0 Å². The highest BCUT2D eigenvalue weighted by atomic mass is 32.1. The van der Waals surface area contributed by atoms with Gasteiger partial charge in [0, 0.05) is 5.39 Å². The molecule has 4 amide bonds. The van der Waals surface area contributed by atoms with Crippen molar-refractivity contribution < 1.29 is 23.9 Å². The second-order valence-corrected chi connectivity index (χ2v) is 9.91. The predicted octanol–water partition coefficient (Wildman–Crippen LogP) is 2.90. The molecule has 1 spiro atoms. The van der Waals surface area contributed by atoms with Crippen LogP contribution in [0.3, 0.4) is 0 Å². The van der Waals surface area contributed by atoms with E-state index in [9.17, 15) is 19.2 Å². The Morgan fingerprint density at radius 1 is 1.17 bits per heavy atom. The number of aryl methyl sites for hydroxylation is 1. The lowest BCUT2D eigenvalue weighted by Gasteiger charge is -2.30. The van der Waals surface area contributed by atoms with Crippen molar-refractivity contribution in [3.8, 4) is 0 Å². The van der Waals surface area contributed by atoms with Gasteiger partial charge in [0.2, 0.25) is 0 Å². The molecular formula is C24H25N5O5S. The largest absolute Gasteiger partial charge is 0.451 e. The standard InChI is InChI=1S/C24H25N5O5S/c1-15-17-12-18(35-20(17)28(26-15)13-16-8-4-2-5-9-16)21(31)34-14-19(30)27-29-22(32)24(25-23(29)33)10-6-3-7-11-24/h2,4-5,8-9,12H,3,6-7,10-11,13-14H2,1H3,(H,25,33)(H,27,30). The van der Waals surface area contributed by atoms with Crippen molar-refractivity contribution in [3.63, 3.8) is 0 Å². The maximum atomic E-state index is 12.8. The fourth-order valence-corrected chi connectivity index (χ4v) is 5.71. The van der Waals surface area contributed by atoms with Crippen molar-refractivity contribution in [1.29, 1.82) is 0 Å². The molecule has 1 aliphatic heterocycles. The molecule has 0 unspecified atom stereocenters. The summed E-state index contributed by atoms with van der Waals surface area (Å²) in [5, 5.41) is 8.82. The van der Waals surface area contributed by atoms with Crippen molar-refractivity contribution in [2.75, 3.05) is 6.61 Å². The highest BCUT2D eigenvalue weighted by Crippen LogP contribution is 2.33. The van der Waals surface area contributed by atoms with Gasteiger partial charge in [-0.3, -0.25) is 19.7 Å². The molecule has 3 heterocycles. The molecule has 182 valence electrons. The van der Waals surface area contributed by atoms with Gasteiger partial charge in [0.1, 0.15) is 15.2 Å². The van der Waals surface area contributed by atoms with Crippen LogP contribution in [-0.2, 0) is 20.9 Å². The number of imide groups is 1. The number of carbonyl (C=O) groups is 4. The highest BCUT2D eigenvalue weighted by molar-refractivity contribution is 7.20. The Hall–Kier alpha value is -3.73. The van der Waals surface area contributed by atoms with E-state index in [1.807, 2.05) is 41.9 Å². The van der Waals surface area contributed by atoms with Crippen LogP contribution in [0, 0.1) is 6.92 Å². The van der Waals surface area contributed by atoms with Gasteiger partial charge in [0.25, 0.3) is 11.8 Å². The van der Waals surface area contributed by atoms with Crippen LogP contribution in [0.2, 0.25) is 0 Å². The zero-order valence-electron chi connectivity index (χ0n) is 19.2. The molecule has 0 bridgehead atoms. The third-order valence-corrected chi connectivity index (χ3v) is 7.55. The Balaban J connectivity index is 1.21. The van der Waals surface area contributed by atoms with Gasteiger partial charge in [-0.2, -0.15) is 10.1 Å². The predicted molar refractivity (Wildman–Crippen MR) is 128 cm³/mol. The molecule has 2 fully saturated rings. The lowest BCUT2D eigenvalue weighted by atomic mass is 9.82. The second-order valence-electron chi connectivity index (χ2n) is 8.88. The van der Waals surface area contributed by atoms with Crippen molar-refractivity contribution in [2.45, 2.75) is 51.1 Å². The minimum atomic E-state index is -0.943. The number of thiophene rings is 1. The lowest BCUT2D eigenvalue weighted by molar-refractivity contribution is -0.140. The number of carbonyl (C=O) groups excluding carboxylic acids is 4. The number of hydrogen-bond donors (Lipinski definition) is 2. The maximum Gasteiger partial charge on any atom is 0.348 e. The average Bonchev–Trinajstić information content (AvgIpc) is 3.48. The zero-order valence-corrected chi connectivity index (χ0v) is 20.0. The van der Waals surface area contributed by atoms with Gasteiger partial charge in [0.15, 0.2) is 6.61 Å². The van der Waals surface area contributed by atoms with Crippen LogP contribution < -0.4 is 10.7 Å². The number of ether oxygens (including phenoxy) is 1. The topological polar surface area (TPSA) is 123 Å². The summed E-state index contributed by atoms with van der Waals surface area (Å²) >= 11 is 1.24. The van der Waals surface area contributed by atoms with E-state index in [4.69, 9.17) is 4.74 Å². The van der Waals surface area contributed by atoms with E-state index >= 15 is 0 Å². The minimum Gasteiger partial charge on any atom is -0.451 e. The van der Waals surface area contributed by atoms with Crippen molar-refractivity contribution >= 4 is 45.4 Å². The quantitative estimate of drug-likeness (QED) is 0.401. The molecule has 1 aromatic carbocycles. The smallest absolute Gasteiger partial charge is 0.348 e. The van der Waals surface area contributed by atoms with E-state index in [0.29, 0.717) is 29.3 Å². The van der Waals surface area contributed by atoms with Crippen LogP contribution in [0.25, 0.3) is 10.2 Å². The number of fused-ring (bicyclic) bond motifs is 1. The van der Waals surface area contributed by atoms with E-state index in [-0.39, 0.29) is 0 Å². The Labute approximate surface area is 205 Å². The van der Waals surface area contributed by atoms with Crippen LogP contribution in [0.5, 0.6) is 0 Å². The fourth-order valence-electron chi connectivity index (χ4n) is 4.65. The molecule has 5 rings (SSSR count). The SMILES string of the molecule is Cc1nn(Cc2ccccc2)c2sc(C(=O)OCC(=O)NN3C(=O)NC4(CCCCC4)C3=O)cc12. The number of aromatic nitrogens is 2. The highest BCUT2D eigenvalue weighted by Gasteiger charge is 2.52. The Kier molecular flexibility index (Phi) is 6.01. The second kappa shape index (κ2) is 9.14. The number of hydrogen-bond acceptors (Lipinski definition) is 7. The summed E-state index contributed by atoms with van der Waals surface area (Å²) < 4.78 is 7.00. The van der Waals surface area contributed by atoms with Gasteiger partial charge < -0.3 is 10.1 Å². The van der Waals surface area contributed by atoms with Crippen molar-refractivity contribution in [2.24, 2.45) is 0 Å². The van der Waals surface area contributed by atoms with Crippen LogP contribution in [-0.4, -0.2) is 50.7 Å². The summed E-state index contributed by atoms with van der Waals surface area (Å²) in [5.41, 5.74) is 3.20.